The predicted molar refractivity (Wildman–Crippen MR) is 95.6 cm³/mol. The van der Waals surface area contributed by atoms with E-state index in [-0.39, 0.29) is 5.91 Å². The summed E-state index contributed by atoms with van der Waals surface area (Å²) in [6, 6.07) is 13.5. The minimum atomic E-state index is -0.0599. The molecule has 24 heavy (non-hydrogen) atoms. The van der Waals surface area contributed by atoms with Gasteiger partial charge in [-0.15, -0.1) is 0 Å². The third-order valence-corrected chi connectivity index (χ3v) is 3.88. The van der Waals surface area contributed by atoms with E-state index in [1.807, 2.05) is 68.4 Å². The number of aromatic nitrogens is 1. The van der Waals surface area contributed by atoms with Crippen LogP contribution in [-0.2, 0) is 6.42 Å². The van der Waals surface area contributed by atoms with Crippen LogP contribution >= 0.6 is 0 Å². The van der Waals surface area contributed by atoms with Crippen LogP contribution in [0.5, 0.6) is 0 Å². The predicted octanol–water partition coefficient (Wildman–Crippen LogP) is 3.17. The minimum absolute atomic E-state index is 0.0599. The molecule has 1 N–H and O–H groups in total. The highest BCUT2D eigenvalue weighted by Crippen LogP contribution is 2.17. The Bertz CT molecular complexity index is 868. The zero-order chi connectivity index (χ0) is 17.1. The number of carbonyl (C=O) groups excluding carboxylic acids is 1. The molecule has 1 heterocycles. The summed E-state index contributed by atoms with van der Waals surface area (Å²) >= 11 is 0. The maximum absolute atomic E-state index is 12.3. The average molecular weight is 323 g/mol. The quantitative estimate of drug-likeness (QED) is 0.783. The average Bonchev–Trinajstić information content (AvgIpc) is 2.94. The molecule has 124 valence electrons. The Kier molecular flexibility index (Phi) is 4.51. The summed E-state index contributed by atoms with van der Waals surface area (Å²) in [5.41, 5.74) is 4.44. The van der Waals surface area contributed by atoms with Crippen molar-refractivity contribution in [3.8, 4) is 0 Å². The first-order valence-corrected chi connectivity index (χ1v) is 7.94. The second-order valence-electron chi connectivity index (χ2n) is 5.99. The molecular formula is C19H21N3O2. The molecule has 0 saturated heterocycles. The largest absolute Gasteiger partial charge is 0.441 e. The summed E-state index contributed by atoms with van der Waals surface area (Å²) in [6.45, 7) is 2.41. The lowest BCUT2D eigenvalue weighted by Gasteiger charge is -2.13. The first-order chi connectivity index (χ1) is 11.5. The summed E-state index contributed by atoms with van der Waals surface area (Å²) in [4.78, 5) is 18.5. The highest BCUT2D eigenvalue weighted by atomic mass is 16.3. The topological polar surface area (TPSA) is 58.4 Å². The Hall–Kier alpha value is -2.82. The van der Waals surface area contributed by atoms with Crippen molar-refractivity contribution in [1.82, 2.24) is 10.3 Å². The third kappa shape index (κ3) is 3.56. The zero-order valence-corrected chi connectivity index (χ0v) is 14.2. The normalized spacial score (nSPS) is 10.8. The molecule has 0 fully saturated rings. The molecule has 0 aliphatic heterocycles. The van der Waals surface area contributed by atoms with E-state index in [2.05, 4.69) is 10.3 Å². The number of hydrogen-bond donors (Lipinski definition) is 1. The van der Waals surface area contributed by atoms with Crippen LogP contribution in [-0.4, -0.2) is 31.5 Å². The van der Waals surface area contributed by atoms with E-state index >= 15 is 0 Å². The molecule has 0 aliphatic carbocycles. The molecule has 3 aromatic rings. The Morgan fingerprint density at radius 3 is 2.83 bits per heavy atom. The molecule has 0 spiro atoms. The maximum Gasteiger partial charge on any atom is 0.251 e. The Balaban J connectivity index is 1.60. The van der Waals surface area contributed by atoms with Gasteiger partial charge in [-0.1, -0.05) is 12.1 Å². The highest BCUT2D eigenvalue weighted by molar-refractivity contribution is 5.95. The number of fused-ring (bicyclic) bond motifs is 1. The first-order valence-electron chi connectivity index (χ1n) is 7.94. The number of amides is 1. The third-order valence-electron chi connectivity index (χ3n) is 3.88. The summed E-state index contributed by atoms with van der Waals surface area (Å²) in [5.74, 6) is 0.603. The van der Waals surface area contributed by atoms with Crippen molar-refractivity contribution in [3.63, 3.8) is 0 Å². The van der Waals surface area contributed by atoms with Gasteiger partial charge in [0.2, 0.25) is 0 Å². The van der Waals surface area contributed by atoms with E-state index in [0.29, 0.717) is 18.0 Å². The van der Waals surface area contributed by atoms with Gasteiger partial charge in [-0.3, -0.25) is 4.79 Å². The molecule has 0 unspecified atom stereocenters. The second-order valence-corrected chi connectivity index (χ2v) is 5.99. The van der Waals surface area contributed by atoms with Crippen molar-refractivity contribution in [3.05, 3.63) is 59.5 Å². The molecule has 5 heteroatoms. The number of hydrogen-bond acceptors (Lipinski definition) is 4. The van der Waals surface area contributed by atoms with Crippen LogP contribution in [0.1, 0.15) is 21.8 Å². The molecule has 0 aliphatic rings. The number of carbonyl (C=O) groups is 1. The number of benzene rings is 2. The monoisotopic (exact) mass is 323 g/mol. The van der Waals surface area contributed by atoms with Gasteiger partial charge in [0.25, 0.3) is 5.91 Å². The van der Waals surface area contributed by atoms with Crippen LogP contribution in [0.25, 0.3) is 11.1 Å². The van der Waals surface area contributed by atoms with Gasteiger partial charge in [0.15, 0.2) is 11.5 Å². The summed E-state index contributed by atoms with van der Waals surface area (Å²) in [5, 5.41) is 2.96. The van der Waals surface area contributed by atoms with E-state index in [0.717, 1.165) is 28.8 Å². The Morgan fingerprint density at radius 2 is 2.04 bits per heavy atom. The van der Waals surface area contributed by atoms with E-state index in [1.54, 1.807) is 0 Å². The van der Waals surface area contributed by atoms with Gasteiger partial charge in [0, 0.05) is 38.8 Å². The van der Waals surface area contributed by atoms with Gasteiger partial charge in [-0.2, -0.15) is 0 Å². The van der Waals surface area contributed by atoms with Gasteiger partial charge in [0.1, 0.15) is 5.52 Å². The van der Waals surface area contributed by atoms with Crippen molar-refractivity contribution < 1.29 is 9.21 Å². The van der Waals surface area contributed by atoms with E-state index < -0.39 is 0 Å². The van der Waals surface area contributed by atoms with Gasteiger partial charge >= 0.3 is 0 Å². The fraction of sp³-hybridized carbons (Fsp3) is 0.263. The number of aryl methyl sites for hydroxylation is 1. The van der Waals surface area contributed by atoms with Crippen LogP contribution in [0.4, 0.5) is 5.69 Å². The first kappa shape index (κ1) is 16.1. The fourth-order valence-corrected chi connectivity index (χ4v) is 2.59. The molecular weight excluding hydrogens is 302 g/mol. The Morgan fingerprint density at radius 1 is 1.21 bits per heavy atom. The minimum Gasteiger partial charge on any atom is -0.441 e. The number of anilines is 1. The van der Waals surface area contributed by atoms with Crippen LogP contribution in [0, 0.1) is 6.92 Å². The van der Waals surface area contributed by atoms with Gasteiger partial charge < -0.3 is 14.6 Å². The van der Waals surface area contributed by atoms with E-state index in [1.165, 1.54) is 0 Å². The van der Waals surface area contributed by atoms with E-state index in [4.69, 9.17) is 4.42 Å². The molecule has 5 nitrogen and oxygen atoms in total. The smallest absolute Gasteiger partial charge is 0.251 e. The lowest BCUT2D eigenvalue weighted by molar-refractivity contribution is 0.0954. The van der Waals surface area contributed by atoms with Crippen LogP contribution in [0.15, 0.2) is 46.9 Å². The fourth-order valence-electron chi connectivity index (χ4n) is 2.59. The lowest BCUT2D eigenvalue weighted by atomic mass is 10.1. The number of oxazole rings is 1. The standard InChI is InChI=1S/C19H21N3O2/c1-13-21-17-8-7-14(11-18(17)24-13)9-10-20-19(23)15-5-4-6-16(12-15)22(2)3/h4-8,11-12H,9-10H2,1-3H3,(H,20,23). The lowest BCUT2D eigenvalue weighted by Crippen LogP contribution is -2.25. The van der Waals surface area contributed by atoms with Crippen molar-refractivity contribution in [2.75, 3.05) is 25.5 Å². The summed E-state index contributed by atoms with van der Waals surface area (Å²) < 4.78 is 5.54. The van der Waals surface area contributed by atoms with Crippen molar-refractivity contribution >= 4 is 22.7 Å². The molecule has 0 atom stereocenters. The van der Waals surface area contributed by atoms with Gasteiger partial charge in [-0.05, 0) is 42.3 Å². The molecule has 2 aromatic carbocycles. The van der Waals surface area contributed by atoms with Crippen molar-refractivity contribution in [1.29, 1.82) is 0 Å². The van der Waals surface area contributed by atoms with Crippen LogP contribution < -0.4 is 10.2 Å². The van der Waals surface area contributed by atoms with Crippen molar-refractivity contribution in [2.24, 2.45) is 0 Å². The highest BCUT2D eigenvalue weighted by Gasteiger charge is 2.07. The van der Waals surface area contributed by atoms with Gasteiger partial charge in [0.05, 0.1) is 0 Å². The molecule has 0 bridgehead atoms. The Labute approximate surface area is 141 Å². The van der Waals surface area contributed by atoms with Crippen LogP contribution in [0.3, 0.4) is 0 Å². The molecule has 1 amide bonds. The maximum atomic E-state index is 12.3. The van der Waals surface area contributed by atoms with Crippen molar-refractivity contribution in [2.45, 2.75) is 13.3 Å². The summed E-state index contributed by atoms with van der Waals surface area (Å²) in [6.07, 6.45) is 0.745. The second kappa shape index (κ2) is 6.74. The van der Waals surface area contributed by atoms with Crippen LogP contribution in [0.2, 0.25) is 0 Å². The number of rotatable bonds is 5. The summed E-state index contributed by atoms with van der Waals surface area (Å²) in [7, 11) is 3.91. The molecule has 3 rings (SSSR count). The zero-order valence-electron chi connectivity index (χ0n) is 14.2. The molecule has 0 radical (unpaired) electrons. The van der Waals surface area contributed by atoms with Gasteiger partial charge in [-0.25, -0.2) is 4.98 Å². The molecule has 0 saturated carbocycles. The number of nitrogens with one attached hydrogen (secondary N) is 1. The number of nitrogens with zero attached hydrogens (tertiary/aromatic N) is 2. The SMILES string of the molecule is Cc1nc2ccc(CCNC(=O)c3cccc(N(C)C)c3)cc2o1. The van der Waals surface area contributed by atoms with E-state index in [9.17, 15) is 4.79 Å². The molecule has 1 aromatic heterocycles.